The molecule has 0 saturated heterocycles. The first-order valence-electron chi connectivity index (χ1n) is 7.55. The van der Waals surface area contributed by atoms with E-state index in [4.69, 9.17) is 4.74 Å². The van der Waals surface area contributed by atoms with E-state index in [9.17, 15) is 19.8 Å². The van der Waals surface area contributed by atoms with Gasteiger partial charge in [0.05, 0.1) is 30.0 Å². The number of methoxy groups -OCH3 is 1. The molecule has 0 bridgehead atoms. The molecular weight excluding hydrogens is 356 g/mol. The fourth-order valence-corrected chi connectivity index (χ4v) is 3.10. The molecule has 0 fully saturated rings. The van der Waals surface area contributed by atoms with Crippen molar-refractivity contribution >= 4 is 40.3 Å². The van der Waals surface area contributed by atoms with Gasteiger partial charge in [0, 0.05) is 6.42 Å². The molecule has 26 heavy (non-hydrogen) atoms. The van der Waals surface area contributed by atoms with Crippen molar-refractivity contribution in [3.63, 3.8) is 0 Å². The Morgan fingerprint density at radius 2 is 1.69 bits per heavy atom. The summed E-state index contributed by atoms with van der Waals surface area (Å²) in [7, 11) is 1.53. The lowest BCUT2D eigenvalue weighted by molar-refractivity contribution is -0.134. The highest BCUT2D eigenvalue weighted by molar-refractivity contribution is 7.00. The number of aromatic nitrogens is 2. The van der Waals surface area contributed by atoms with Crippen LogP contribution in [0.25, 0.3) is 16.6 Å². The van der Waals surface area contributed by atoms with Crippen molar-refractivity contribution in [2.24, 2.45) is 0 Å². The smallest absolute Gasteiger partial charge is 0.336 e. The Hall–Kier alpha value is -3.26. The number of carbonyl (C=O) groups is 2. The minimum Gasteiger partial charge on any atom is -0.497 e. The third-order valence-corrected chi connectivity index (χ3v) is 4.41. The molecule has 0 saturated carbocycles. The molecule has 7 nitrogen and oxygen atoms in total. The lowest BCUT2D eigenvalue weighted by Crippen LogP contribution is -2.13. The number of carboxylic acid groups (broad SMARTS) is 2. The monoisotopic (exact) mass is 370 g/mol. The molecule has 0 atom stereocenters. The molecule has 8 heteroatoms. The Kier molecular flexibility index (Phi) is 4.94. The van der Waals surface area contributed by atoms with Crippen molar-refractivity contribution in [3.05, 3.63) is 59.2 Å². The molecule has 3 aromatic rings. The molecular formula is C18H14N2O5S. The molecule has 1 aromatic heterocycles. The molecule has 132 valence electrons. The first-order chi connectivity index (χ1) is 12.5. The van der Waals surface area contributed by atoms with E-state index >= 15 is 0 Å². The molecule has 0 aliphatic rings. The highest BCUT2D eigenvalue weighted by atomic mass is 32.1. The lowest BCUT2D eigenvalue weighted by Gasteiger charge is -2.10. The SMILES string of the molecule is COc1ccc(CC(C(=O)O)=C(C(=O)O)c2ccc3nsnc3c2)cc1. The minimum absolute atomic E-state index is 0.0334. The summed E-state index contributed by atoms with van der Waals surface area (Å²) in [6.45, 7) is 0. The van der Waals surface area contributed by atoms with Gasteiger partial charge in [-0.1, -0.05) is 18.2 Å². The molecule has 0 amide bonds. The molecule has 3 rings (SSSR count). The highest BCUT2D eigenvalue weighted by Crippen LogP contribution is 2.26. The predicted molar refractivity (Wildman–Crippen MR) is 96.3 cm³/mol. The van der Waals surface area contributed by atoms with Gasteiger partial charge in [-0.3, -0.25) is 0 Å². The second kappa shape index (κ2) is 7.32. The zero-order chi connectivity index (χ0) is 18.7. The van der Waals surface area contributed by atoms with Crippen LogP contribution >= 0.6 is 11.7 Å². The molecule has 0 aliphatic carbocycles. The summed E-state index contributed by atoms with van der Waals surface area (Å²) in [4.78, 5) is 23.6. The van der Waals surface area contributed by atoms with Crippen molar-refractivity contribution in [1.29, 1.82) is 0 Å². The third kappa shape index (κ3) is 3.55. The number of carboxylic acids is 2. The van der Waals surface area contributed by atoms with Crippen LogP contribution in [-0.2, 0) is 16.0 Å². The molecule has 0 aliphatic heterocycles. The minimum atomic E-state index is -1.31. The maximum atomic E-state index is 11.8. The van der Waals surface area contributed by atoms with Crippen molar-refractivity contribution in [2.45, 2.75) is 6.42 Å². The number of ether oxygens (including phenoxy) is 1. The number of hydrogen-bond acceptors (Lipinski definition) is 6. The largest absolute Gasteiger partial charge is 0.497 e. The maximum Gasteiger partial charge on any atom is 0.336 e. The van der Waals surface area contributed by atoms with E-state index in [0.29, 0.717) is 22.3 Å². The number of fused-ring (bicyclic) bond motifs is 1. The highest BCUT2D eigenvalue weighted by Gasteiger charge is 2.23. The Morgan fingerprint density at radius 1 is 1.00 bits per heavy atom. The van der Waals surface area contributed by atoms with Crippen molar-refractivity contribution < 1.29 is 24.5 Å². The third-order valence-electron chi connectivity index (χ3n) is 3.86. The van der Waals surface area contributed by atoms with Crippen molar-refractivity contribution in [3.8, 4) is 5.75 Å². The van der Waals surface area contributed by atoms with Gasteiger partial charge in [0.2, 0.25) is 0 Å². The summed E-state index contributed by atoms with van der Waals surface area (Å²) in [5.74, 6) is -1.96. The predicted octanol–water partition coefficient (Wildman–Crippen LogP) is 2.87. The van der Waals surface area contributed by atoms with Crippen LogP contribution in [0, 0.1) is 0 Å². The second-order valence-corrected chi connectivity index (χ2v) is 5.98. The van der Waals surface area contributed by atoms with Crippen LogP contribution < -0.4 is 4.74 Å². The van der Waals surface area contributed by atoms with Gasteiger partial charge in [-0.2, -0.15) is 8.75 Å². The van der Waals surface area contributed by atoms with E-state index in [-0.39, 0.29) is 23.1 Å². The molecule has 0 radical (unpaired) electrons. The number of benzene rings is 2. The van der Waals surface area contributed by atoms with E-state index < -0.39 is 11.9 Å². The van der Waals surface area contributed by atoms with Crippen LogP contribution in [0.5, 0.6) is 5.75 Å². The second-order valence-electron chi connectivity index (χ2n) is 5.46. The first-order valence-corrected chi connectivity index (χ1v) is 8.28. The summed E-state index contributed by atoms with van der Waals surface area (Å²) in [5.41, 5.74) is 1.64. The Bertz CT molecular complexity index is 1010. The van der Waals surface area contributed by atoms with Gasteiger partial charge in [0.15, 0.2) is 0 Å². The van der Waals surface area contributed by atoms with Gasteiger partial charge in [0.1, 0.15) is 16.8 Å². The zero-order valence-corrected chi connectivity index (χ0v) is 14.5. The lowest BCUT2D eigenvalue weighted by atomic mass is 9.94. The summed E-state index contributed by atoms with van der Waals surface area (Å²) in [6, 6.07) is 11.5. The van der Waals surface area contributed by atoms with Crippen LogP contribution in [-0.4, -0.2) is 38.0 Å². The van der Waals surface area contributed by atoms with Gasteiger partial charge in [-0.25, -0.2) is 9.59 Å². The first kappa shape index (κ1) is 17.6. The Morgan fingerprint density at radius 3 is 2.31 bits per heavy atom. The maximum absolute atomic E-state index is 11.8. The summed E-state index contributed by atoms with van der Waals surface area (Å²) in [5, 5.41) is 19.3. The fraction of sp³-hybridized carbons (Fsp3) is 0.111. The Labute approximate surface area is 152 Å². The Balaban J connectivity index is 2.09. The van der Waals surface area contributed by atoms with Gasteiger partial charge in [-0.05, 0) is 35.4 Å². The fourth-order valence-electron chi connectivity index (χ4n) is 2.58. The topological polar surface area (TPSA) is 110 Å². The quantitative estimate of drug-likeness (QED) is 0.642. The van der Waals surface area contributed by atoms with Gasteiger partial charge >= 0.3 is 11.9 Å². The van der Waals surface area contributed by atoms with E-state index in [1.54, 1.807) is 42.5 Å². The molecule has 0 unspecified atom stereocenters. The number of hydrogen-bond donors (Lipinski definition) is 2. The van der Waals surface area contributed by atoms with E-state index in [0.717, 1.165) is 11.7 Å². The molecule has 0 spiro atoms. The van der Waals surface area contributed by atoms with Crippen molar-refractivity contribution in [2.75, 3.05) is 7.11 Å². The van der Waals surface area contributed by atoms with Crippen LogP contribution in [0.2, 0.25) is 0 Å². The van der Waals surface area contributed by atoms with E-state index in [2.05, 4.69) is 8.75 Å². The van der Waals surface area contributed by atoms with Crippen LogP contribution in [0.4, 0.5) is 0 Å². The molecule has 2 aromatic carbocycles. The summed E-state index contributed by atoms with van der Waals surface area (Å²) < 4.78 is 13.2. The average molecular weight is 370 g/mol. The average Bonchev–Trinajstić information content (AvgIpc) is 3.09. The summed E-state index contributed by atoms with van der Waals surface area (Å²) >= 11 is 1.01. The number of nitrogens with zero attached hydrogens (tertiary/aromatic N) is 2. The molecule has 1 heterocycles. The van der Waals surface area contributed by atoms with Crippen LogP contribution in [0.15, 0.2) is 48.0 Å². The van der Waals surface area contributed by atoms with Gasteiger partial charge in [0.25, 0.3) is 0 Å². The van der Waals surface area contributed by atoms with Gasteiger partial charge < -0.3 is 14.9 Å². The number of rotatable bonds is 6. The van der Waals surface area contributed by atoms with Crippen LogP contribution in [0.3, 0.4) is 0 Å². The van der Waals surface area contributed by atoms with Gasteiger partial charge in [-0.15, -0.1) is 0 Å². The van der Waals surface area contributed by atoms with Crippen molar-refractivity contribution in [1.82, 2.24) is 8.75 Å². The van der Waals surface area contributed by atoms with E-state index in [1.165, 1.54) is 7.11 Å². The normalized spacial score (nSPS) is 11.9. The van der Waals surface area contributed by atoms with Crippen LogP contribution in [0.1, 0.15) is 11.1 Å². The zero-order valence-electron chi connectivity index (χ0n) is 13.7. The number of aliphatic carboxylic acids is 2. The standard InChI is InChI=1S/C18H14N2O5S/c1-25-12-5-2-10(3-6-12)8-13(17(21)22)16(18(23)24)11-4-7-14-15(9-11)20-26-19-14/h2-7,9H,8H2,1H3,(H,21,22)(H,23,24). The summed E-state index contributed by atoms with van der Waals surface area (Å²) in [6.07, 6.45) is -0.0334. The molecule has 2 N–H and O–H groups in total. The van der Waals surface area contributed by atoms with E-state index in [1.807, 2.05) is 0 Å².